The SMILES string of the molecule is C=C(C)OC(=O)c1ccc(C)cc1.C=CC(=C)OC(=O)c1ccc(OCCCOC(=O)C=C)cc1.CC. The minimum Gasteiger partial charge on any atom is -0.493 e. The molecule has 0 heterocycles. The Balaban J connectivity index is 0.000000733. The number of hydrogen-bond acceptors (Lipinski definition) is 7. The largest absolute Gasteiger partial charge is 0.493 e. The molecule has 0 atom stereocenters. The van der Waals surface area contributed by atoms with Gasteiger partial charge in [-0.25, -0.2) is 14.4 Å². The van der Waals surface area contributed by atoms with Crippen LogP contribution in [0.3, 0.4) is 0 Å². The molecule has 2 aromatic rings. The van der Waals surface area contributed by atoms with Gasteiger partial charge in [0.2, 0.25) is 0 Å². The van der Waals surface area contributed by atoms with Crippen molar-refractivity contribution >= 4 is 17.9 Å². The van der Waals surface area contributed by atoms with E-state index in [0.29, 0.717) is 35.7 Å². The van der Waals surface area contributed by atoms with E-state index < -0.39 is 11.9 Å². The smallest absolute Gasteiger partial charge is 0.343 e. The Labute approximate surface area is 219 Å². The van der Waals surface area contributed by atoms with Gasteiger partial charge in [0.1, 0.15) is 11.5 Å². The highest BCUT2D eigenvalue weighted by molar-refractivity contribution is 5.90. The van der Waals surface area contributed by atoms with E-state index in [0.717, 1.165) is 11.6 Å². The molecule has 7 nitrogen and oxygen atoms in total. The number of benzene rings is 2. The summed E-state index contributed by atoms with van der Waals surface area (Å²) in [5, 5.41) is 0. The van der Waals surface area contributed by atoms with Crippen molar-refractivity contribution in [1.82, 2.24) is 0 Å². The lowest BCUT2D eigenvalue weighted by Crippen LogP contribution is -2.07. The first-order chi connectivity index (χ1) is 17.7. The third-order valence-electron chi connectivity index (χ3n) is 4.06. The lowest BCUT2D eigenvalue weighted by molar-refractivity contribution is -0.137. The number of rotatable bonds is 11. The first kappa shape index (κ1) is 32.6. The molecule has 37 heavy (non-hydrogen) atoms. The molecule has 0 N–H and O–H groups in total. The van der Waals surface area contributed by atoms with Crippen molar-refractivity contribution in [2.75, 3.05) is 13.2 Å². The van der Waals surface area contributed by atoms with Crippen LogP contribution in [0.5, 0.6) is 5.75 Å². The first-order valence-electron chi connectivity index (χ1n) is 11.7. The zero-order chi connectivity index (χ0) is 28.2. The summed E-state index contributed by atoms with van der Waals surface area (Å²) in [4.78, 5) is 33.8. The zero-order valence-electron chi connectivity index (χ0n) is 22.1. The van der Waals surface area contributed by atoms with Gasteiger partial charge in [0.05, 0.1) is 30.1 Å². The normalized spacial score (nSPS) is 9.08. The zero-order valence-corrected chi connectivity index (χ0v) is 22.1. The molecule has 2 rings (SSSR count). The van der Waals surface area contributed by atoms with Crippen LogP contribution >= 0.6 is 0 Å². The van der Waals surface area contributed by atoms with Gasteiger partial charge >= 0.3 is 17.9 Å². The quantitative estimate of drug-likeness (QED) is 0.0828. The number of ether oxygens (including phenoxy) is 4. The van der Waals surface area contributed by atoms with E-state index in [-0.39, 0.29) is 18.3 Å². The predicted octanol–water partition coefficient (Wildman–Crippen LogP) is 6.75. The van der Waals surface area contributed by atoms with Gasteiger partial charge in [0.25, 0.3) is 0 Å². The fourth-order valence-electron chi connectivity index (χ4n) is 2.29. The lowest BCUT2D eigenvalue weighted by atomic mass is 10.1. The molecule has 0 saturated heterocycles. The van der Waals surface area contributed by atoms with E-state index in [1.165, 1.54) is 6.08 Å². The van der Waals surface area contributed by atoms with E-state index >= 15 is 0 Å². The molecule has 0 bridgehead atoms. The van der Waals surface area contributed by atoms with Crippen molar-refractivity contribution in [3.8, 4) is 5.75 Å². The number of esters is 3. The highest BCUT2D eigenvalue weighted by Gasteiger charge is 2.08. The number of carbonyl (C=O) groups excluding carboxylic acids is 3. The Kier molecular flexibility index (Phi) is 16.6. The summed E-state index contributed by atoms with van der Waals surface area (Å²) < 4.78 is 20.0. The summed E-state index contributed by atoms with van der Waals surface area (Å²) in [5.74, 6) is -0.108. The maximum atomic E-state index is 11.7. The standard InChI is InChI=1S/C17H18O5.C11H12O2.C2H6/c1-4-13(3)22-17(19)14-7-9-15(10-8-14)20-11-6-12-21-16(18)5-2;1-8(2)13-11(12)10-6-4-9(3)5-7-10;1-2/h4-5,7-10H,1-3,6,11-12H2;4-7H,1H2,2-3H3;1-2H3. The van der Waals surface area contributed by atoms with Gasteiger partial charge in [0.15, 0.2) is 0 Å². The van der Waals surface area contributed by atoms with Gasteiger partial charge in [-0.3, -0.25) is 0 Å². The topological polar surface area (TPSA) is 88.1 Å². The minimum atomic E-state index is -0.507. The maximum Gasteiger partial charge on any atom is 0.343 e. The lowest BCUT2D eigenvalue weighted by Gasteiger charge is -2.07. The molecular formula is C30H36O7. The fraction of sp³-hybridized carbons (Fsp3) is 0.233. The molecule has 0 aliphatic carbocycles. The van der Waals surface area contributed by atoms with Crippen LogP contribution in [0.2, 0.25) is 0 Å². The molecule has 0 aliphatic heterocycles. The average Bonchev–Trinajstić information content (AvgIpc) is 2.90. The summed E-state index contributed by atoms with van der Waals surface area (Å²) in [6.45, 7) is 22.0. The van der Waals surface area contributed by atoms with E-state index in [4.69, 9.17) is 18.9 Å². The van der Waals surface area contributed by atoms with Crippen LogP contribution in [0.15, 0.2) is 98.5 Å². The fourth-order valence-corrected chi connectivity index (χ4v) is 2.29. The molecule has 198 valence electrons. The van der Waals surface area contributed by atoms with Crippen molar-refractivity contribution < 1.29 is 33.3 Å². The Morgan fingerprint density at radius 3 is 1.78 bits per heavy atom. The predicted molar refractivity (Wildman–Crippen MR) is 145 cm³/mol. The minimum absolute atomic E-state index is 0.194. The van der Waals surface area contributed by atoms with Gasteiger partial charge < -0.3 is 18.9 Å². The summed E-state index contributed by atoms with van der Waals surface area (Å²) >= 11 is 0. The van der Waals surface area contributed by atoms with Gasteiger partial charge in [-0.05, 0) is 56.3 Å². The van der Waals surface area contributed by atoms with E-state index in [2.05, 4.69) is 26.3 Å². The van der Waals surface area contributed by atoms with Crippen molar-refractivity contribution in [3.05, 3.63) is 115 Å². The summed E-state index contributed by atoms with van der Waals surface area (Å²) in [6.07, 6.45) is 3.02. The van der Waals surface area contributed by atoms with E-state index in [9.17, 15) is 14.4 Å². The summed E-state index contributed by atoms with van der Waals surface area (Å²) in [5.41, 5.74) is 2.05. The number of aryl methyl sites for hydroxylation is 1. The molecule has 0 aromatic heterocycles. The van der Waals surface area contributed by atoms with E-state index in [1.807, 2.05) is 32.9 Å². The summed E-state index contributed by atoms with van der Waals surface area (Å²) in [7, 11) is 0. The molecule has 2 aromatic carbocycles. The van der Waals surface area contributed by atoms with Gasteiger partial charge in [0, 0.05) is 12.5 Å². The number of hydrogen-bond donors (Lipinski definition) is 0. The van der Waals surface area contributed by atoms with Crippen LogP contribution < -0.4 is 4.74 Å². The molecule has 0 radical (unpaired) electrons. The van der Waals surface area contributed by atoms with Crippen molar-refractivity contribution in [3.63, 3.8) is 0 Å². The van der Waals surface area contributed by atoms with Crippen LogP contribution in [0, 0.1) is 6.92 Å². The maximum absolute atomic E-state index is 11.7. The average molecular weight is 509 g/mol. The second-order valence-electron chi connectivity index (χ2n) is 7.12. The number of allylic oxidation sites excluding steroid dienone is 2. The second-order valence-corrected chi connectivity index (χ2v) is 7.12. The summed E-state index contributed by atoms with van der Waals surface area (Å²) in [6, 6.07) is 13.7. The molecule has 0 saturated carbocycles. The molecule has 0 aliphatic rings. The van der Waals surface area contributed by atoms with Crippen LogP contribution in [0.4, 0.5) is 0 Å². The van der Waals surface area contributed by atoms with Crippen molar-refractivity contribution in [1.29, 1.82) is 0 Å². The Hall–Kier alpha value is -4.39. The molecular weight excluding hydrogens is 472 g/mol. The van der Waals surface area contributed by atoms with Gasteiger partial charge in [-0.1, -0.05) is 57.9 Å². The highest BCUT2D eigenvalue weighted by Crippen LogP contribution is 2.14. The molecule has 0 unspecified atom stereocenters. The Morgan fingerprint density at radius 2 is 1.30 bits per heavy atom. The molecule has 0 spiro atoms. The van der Waals surface area contributed by atoms with E-state index in [1.54, 1.807) is 43.3 Å². The molecule has 0 fully saturated rings. The van der Waals surface area contributed by atoms with Crippen LogP contribution in [0.1, 0.15) is 53.5 Å². The van der Waals surface area contributed by atoms with Crippen LogP contribution in [-0.2, 0) is 19.0 Å². The second kappa shape index (κ2) is 18.9. The molecule has 0 amide bonds. The van der Waals surface area contributed by atoms with Gasteiger partial charge in [-0.2, -0.15) is 0 Å². The molecule has 7 heteroatoms. The third kappa shape index (κ3) is 14.6. The first-order valence-corrected chi connectivity index (χ1v) is 11.7. The Bertz CT molecular complexity index is 1050. The van der Waals surface area contributed by atoms with Crippen molar-refractivity contribution in [2.45, 2.75) is 34.1 Å². The van der Waals surface area contributed by atoms with Crippen LogP contribution in [-0.4, -0.2) is 31.1 Å². The highest BCUT2D eigenvalue weighted by atomic mass is 16.5. The van der Waals surface area contributed by atoms with Crippen molar-refractivity contribution in [2.24, 2.45) is 0 Å². The number of carbonyl (C=O) groups is 3. The van der Waals surface area contributed by atoms with Crippen LogP contribution in [0.25, 0.3) is 0 Å². The third-order valence-corrected chi connectivity index (χ3v) is 4.06. The van der Waals surface area contributed by atoms with Gasteiger partial charge in [-0.15, -0.1) is 0 Å². The Morgan fingerprint density at radius 1 is 0.784 bits per heavy atom. The monoisotopic (exact) mass is 508 g/mol.